The molecule has 1 nitrogen and oxygen atoms in total. The second-order valence-electron chi connectivity index (χ2n) is 2.68. The highest BCUT2D eigenvalue weighted by Crippen LogP contribution is 2.28. The first kappa shape index (κ1) is 12.5. The molecule has 0 aromatic heterocycles. The molecule has 0 aliphatic heterocycles. The van der Waals surface area contributed by atoms with E-state index in [2.05, 4.69) is 4.74 Å². The van der Waals surface area contributed by atoms with Gasteiger partial charge in [0.15, 0.2) is 0 Å². The first-order valence-corrected chi connectivity index (χ1v) is 3.24. The van der Waals surface area contributed by atoms with E-state index in [0.29, 0.717) is 0 Å². The predicted octanol–water partition coefficient (Wildman–Crippen LogP) is 2.90. The minimum absolute atomic E-state index is 0.0954. The Balaban J connectivity index is 4.15. The molecule has 0 radical (unpaired) electrons. The van der Waals surface area contributed by atoms with Crippen LogP contribution in [0.25, 0.3) is 0 Å². The molecule has 0 aliphatic rings. The van der Waals surface area contributed by atoms with E-state index < -0.39 is 24.6 Å². The zero-order chi connectivity index (χ0) is 10.9. The summed E-state index contributed by atoms with van der Waals surface area (Å²) in [6, 6.07) is 0. The lowest BCUT2D eigenvalue weighted by Crippen LogP contribution is -2.37. The Hall–Kier alpha value is -0.460. The zero-order valence-electron chi connectivity index (χ0n) is 6.83. The summed E-state index contributed by atoms with van der Waals surface area (Å²) in [7, 11) is 0. The monoisotopic (exact) mass is 210 g/mol. The second-order valence-corrected chi connectivity index (χ2v) is 2.68. The van der Waals surface area contributed by atoms with Crippen LogP contribution in [-0.4, -0.2) is 24.6 Å². The van der Waals surface area contributed by atoms with Crippen molar-refractivity contribution in [2.45, 2.75) is 38.4 Å². The van der Waals surface area contributed by atoms with Crippen molar-refractivity contribution in [3.8, 4) is 0 Å². The number of hydrogen-bond donors (Lipinski definition) is 0. The lowest BCUT2D eigenvalue weighted by atomic mass is 10.3. The molecule has 7 heteroatoms. The Kier molecular flexibility index (Phi) is 3.60. The summed E-state index contributed by atoms with van der Waals surface area (Å²) in [6.07, 6.45) is -6.76. The van der Waals surface area contributed by atoms with Crippen LogP contribution in [0.1, 0.15) is 13.8 Å². The van der Waals surface area contributed by atoms with Crippen LogP contribution in [0, 0.1) is 0 Å². The quantitative estimate of drug-likeness (QED) is 0.648. The van der Waals surface area contributed by atoms with E-state index in [0.717, 1.165) is 0 Å². The first-order valence-electron chi connectivity index (χ1n) is 3.24. The largest absolute Gasteiger partial charge is 0.303 e. The van der Waals surface area contributed by atoms with Crippen LogP contribution in [-0.2, 0) is 4.74 Å². The summed E-state index contributed by atoms with van der Waals surface area (Å²) in [5.74, 6) is -8.01. The molecule has 0 aromatic carbocycles. The molecule has 0 spiro atoms. The van der Waals surface area contributed by atoms with E-state index in [4.69, 9.17) is 0 Å². The molecule has 13 heavy (non-hydrogen) atoms. The summed E-state index contributed by atoms with van der Waals surface area (Å²) >= 11 is 0. The lowest BCUT2D eigenvalue weighted by molar-refractivity contribution is -0.279. The molecule has 0 aliphatic carbocycles. The molecule has 0 rings (SSSR count). The molecule has 0 fully saturated rings. The highest BCUT2D eigenvalue weighted by Gasteiger charge is 2.43. The number of halogens is 6. The van der Waals surface area contributed by atoms with Crippen molar-refractivity contribution in [2.24, 2.45) is 0 Å². The number of hydrogen-bond acceptors (Lipinski definition) is 1. The maximum atomic E-state index is 12.1. The van der Waals surface area contributed by atoms with Crippen LogP contribution in [0.15, 0.2) is 0 Å². The fourth-order valence-corrected chi connectivity index (χ4v) is 0.344. The van der Waals surface area contributed by atoms with Crippen LogP contribution in [0.5, 0.6) is 0 Å². The van der Waals surface area contributed by atoms with E-state index >= 15 is 0 Å². The van der Waals surface area contributed by atoms with Crippen molar-refractivity contribution in [1.82, 2.24) is 0 Å². The fourth-order valence-electron chi connectivity index (χ4n) is 0.344. The normalized spacial score (nSPS) is 18.5. The third-order valence-electron chi connectivity index (χ3n) is 1.04. The van der Waals surface area contributed by atoms with E-state index in [1.807, 2.05) is 0 Å². The van der Waals surface area contributed by atoms with Gasteiger partial charge in [0.25, 0.3) is 24.6 Å². The van der Waals surface area contributed by atoms with Gasteiger partial charge in [-0.15, -0.1) is 0 Å². The van der Waals surface area contributed by atoms with Crippen LogP contribution in [0.3, 0.4) is 0 Å². The van der Waals surface area contributed by atoms with Gasteiger partial charge in [-0.1, -0.05) is 0 Å². The lowest BCUT2D eigenvalue weighted by Gasteiger charge is -2.21. The maximum Gasteiger partial charge on any atom is 0.300 e. The summed E-state index contributed by atoms with van der Waals surface area (Å²) in [5, 5.41) is 0. The Morgan fingerprint density at radius 1 is 0.846 bits per heavy atom. The highest BCUT2D eigenvalue weighted by molar-refractivity contribution is 4.67. The van der Waals surface area contributed by atoms with Gasteiger partial charge in [-0.2, -0.15) is 0 Å². The standard InChI is InChI=1S/C6H8F6O/c1-5(9,10)3(7)13-4(8)6(2,11)12/h3-4H,1-2H3. The van der Waals surface area contributed by atoms with Crippen molar-refractivity contribution in [3.63, 3.8) is 0 Å². The summed E-state index contributed by atoms with van der Waals surface area (Å²) in [4.78, 5) is 0. The summed E-state index contributed by atoms with van der Waals surface area (Å²) in [5.41, 5.74) is 0. The molecular weight excluding hydrogens is 202 g/mol. The molecule has 80 valence electrons. The fraction of sp³-hybridized carbons (Fsp3) is 1.00. The van der Waals surface area contributed by atoms with Gasteiger partial charge in [-0.05, 0) is 0 Å². The molecule has 0 saturated heterocycles. The van der Waals surface area contributed by atoms with Crippen molar-refractivity contribution < 1.29 is 31.1 Å². The number of alkyl halides is 6. The molecule has 0 N–H and O–H groups in total. The third kappa shape index (κ3) is 4.35. The molecule has 2 unspecified atom stereocenters. The van der Waals surface area contributed by atoms with Gasteiger partial charge in [0, 0.05) is 13.8 Å². The van der Waals surface area contributed by atoms with Gasteiger partial charge in [0.2, 0.25) is 0 Å². The topological polar surface area (TPSA) is 9.23 Å². The second kappa shape index (κ2) is 3.73. The van der Waals surface area contributed by atoms with Crippen molar-refractivity contribution in [1.29, 1.82) is 0 Å². The minimum Gasteiger partial charge on any atom is -0.303 e. The molecule has 0 saturated carbocycles. The molecule has 2 atom stereocenters. The molecule has 0 heterocycles. The number of rotatable bonds is 4. The van der Waals surface area contributed by atoms with Gasteiger partial charge in [-0.25, -0.2) is 26.3 Å². The summed E-state index contributed by atoms with van der Waals surface area (Å²) < 4.78 is 75.2. The highest BCUT2D eigenvalue weighted by atomic mass is 19.3. The van der Waals surface area contributed by atoms with Crippen molar-refractivity contribution in [2.75, 3.05) is 0 Å². The molecule has 0 bridgehead atoms. The van der Waals surface area contributed by atoms with Crippen molar-refractivity contribution in [3.05, 3.63) is 0 Å². The Labute approximate surface area is 70.7 Å². The summed E-state index contributed by atoms with van der Waals surface area (Å²) in [6.45, 7) is 0.191. The molecular formula is C6H8F6O. The van der Waals surface area contributed by atoms with E-state index in [1.165, 1.54) is 0 Å². The Bertz CT molecular complexity index is 141. The average Bonchev–Trinajstić information content (AvgIpc) is 1.82. The third-order valence-corrected chi connectivity index (χ3v) is 1.04. The molecule has 0 aromatic rings. The van der Waals surface area contributed by atoms with Crippen LogP contribution >= 0.6 is 0 Å². The maximum absolute atomic E-state index is 12.1. The predicted molar refractivity (Wildman–Crippen MR) is 32.1 cm³/mol. The Morgan fingerprint density at radius 3 is 1.23 bits per heavy atom. The number of ether oxygens (including phenoxy) is 1. The van der Waals surface area contributed by atoms with Crippen LogP contribution < -0.4 is 0 Å². The average molecular weight is 210 g/mol. The SMILES string of the molecule is CC(F)(F)C(F)OC(F)C(C)(F)F. The zero-order valence-corrected chi connectivity index (χ0v) is 6.83. The van der Waals surface area contributed by atoms with Gasteiger partial charge >= 0.3 is 0 Å². The minimum atomic E-state index is -4.00. The van der Waals surface area contributed by atoms with Crippen LogP contribution in [0.4, 0.5) is 26.3 Å². The van der Waals surface area contributed by atoms with Crippen molar-refractivity contribution >= 4 is 0 Å². The van der Waals surface area contributed by atoms with Gasteiger partial charge in [0.05, 0.1) is 0 Å². The van der Waals surface area contributed by atoms with E-state index in [-0.39, 0.29) is 13.8 Å². The Morgan fingerprint density at radius 2 is 1.08 bits per heavy atom. The van der Waals surface area contributed by atoms with E-state index in [9.17, 15) is 26.3 Å². The van der Waals surface area contributed by atoms with E-state index in [1.54, 1.807) is 0 Å². The van der Waals surface area contributed by atoms with Gasteiger partial charge in [-0.3, -0.25) is 0 Å². The van der Waals surface area contributed by atoms with Gasteiger partial charge in [0.1, 0.15) is 0 Å². The smallest absolute Gasteiger partial charge is 0.300 e. The molecule has 0 amide bonds. The first-order chi connectivity index (χ1) is 5.55. The van der Waals surface area contributed by atoms with Crippen LogP contribution in [0.2, 0.25) is 0 Å². The van der Waals surface area contributed by atoms with Gasteiger partial charge < -0.3 is 4.74 Å².